The first kappa shape index (κ1) is 8.17. The summed E-state index contributed by atoms with van der Waals surface area (Å²) >= 11 is 11.7. The van der Waals surface area contributed by atoms with Gasteiger partial charge in [-0.15, -0.1) is 0 Å². The number of fused-ring (bicyclic) bond motifs is 1. The first-order valence-electron chi connectivity index (χ1n) is 3.56. The van der Waals surface area contributed by atoms with Gasteiger partial charge < -0.3 is 10.5 Å². The second kappa shape index (κ2) is 2.80. The van der Waals surface area contributed by atoms with Gasteiger partial charge in [0.2, 0.25) is 0 Å². The monoisotopic (exact) mass is 203 g/mol. The maximum absolute atomic E-state index is 5.93. The van der Waals surface area contributed by atoms with Crippen LogP contribution in [0.3, 0.4) is 0 Å². The summed E-state index contributed by atoms with van der Waals surface area (Å²) in [5.41, 5.74) is 6.61. The highest BCUT2D eigenvalue weighted by molar-refractivity contribution is 6.35. The normalized spacial score (nSPS) is 20.4. The van der Waals surface area contributed by atoms with E-state index >= 15 is 0 Å². The molecule has 0 aromatic heterocycles. The van der Waals surface area contributed by atoms with Crippen molar-refractivity contribution in [1.29, 1.82) is 0 Å². The van der Waals surface area contributed by atoms with Gasteiger partial charge in [-0.1, -0.05) is 23.2 Å². The van der Waals surface area contributed by atoms with E-state index in [-0.39, 0.29) is 6.04 Å². The van der Waals surface area contributed by atoms with Gasteiger partial charge in [0.15, 0.2) is 0 Å². The Morgan fingerprint density at radius 3 is 2.92 bits per heavy atom. The van der Waals surface area contributed by atoms with Crippen molar-refractivity contribution in [1.82, 2.24) is 0 Å². The van der Waals surface area contributed by atoms with Crippen LogP contribution in [-0.4, -0.2) is 6.61 Å². The number of halogens is 2. The Morgan fingerprint density at radius 2 is 2.17 bits per heavy atom. The second-order valence-electron chi connectivity index (χ2n) is 2.72. The van der Waals surface area contributed by atoms with Crippen LogP contribution in [0.4, 0.5) is 0 Å². The highest BCUT2D eigenvalue weighted by atomic mass is 35.5. The Bertz CT molecular complexity index is 327. The van der Waals surface area contributed by atoms with Crippen LogP contribution in [0.5, 0.6) is 5.75 Å². The molecule has 1 aliphatic heterocycles. The molecule has 0 fully saturated rings. The van der Waals surface area contributed by atoms with E-state index in [4.69, 9.17) is 33.7 Å². The predicted molar refractivity (Wildman–Crippen MR) is 48.9 cm³/mol. The topological polar surface area (TPSA) is 35.2 Å². The van der Waals surface area contributed by atoms with Crippen molar-refractivity contribution >= 4 is 23.2 Å². The summed E-state index contributed by atoms with van der Waals surface area (Å²) in [5, 5.41) is 1.16. The molecule has 64 valence electrons. The largest absolute Gasteiger partial charge is 0.491 e. The highest BCUT2D eigenvalue weighted by Gasteiger charge is 2.23. The van der Waals surface area contributed by atoms with Crippen molar-refractivity contribution < 1.29 is 4.74 Å². The fourth-order valence-corrected chi connectivity index (χ4v) is 1.92. The van der Waals surface area contributed by atoms with Crippen LogP contribution in [0.15, 0.2) is 12.1 Å². The van der Waals surface area contributed by atoms with Crippen molar-refractivity contribution in [3.63, 3.8) is 0 Å². The summed E-state index contributed by atoms with van der Waals surface area (Å²) < 4.78 is 5.28. The molecule has 0 spiro atoms. The average Bonchev–Trinajstić information content (AvgIpc) is 2.31. The number of ether oxygens (including phenoxy) is 1. The Hall–Kier alpha value is -0.440. The van der Waals surface area contributed by atoms with Gasteiger partial charge in [0, 0.05) is 10.6 Å². The fourth-order valence-electron chi connectivity index (χ4n) is 1.30. The third kappa shape index (κ3) is 1.16. The fraction of sp³-hybridized carbons (Fsp3) is 0.250. The molecule has 1 heterocycles. The number of benzene rings is 1. The summed E-state index contributed by atoms with van der Waals surface area (Å²) in [6.07, 6.45) is 0. The molecule has 0 bridgehead atoms. The molecule has 0 unspecified atom stereocenters. The zero-order chi connectivity index (χ0) is 8.72. The van der Waals surface area contributed by atoms with Crippen LogP contribution in [0, 0.1) is 0 Å². The molecule has 1 aromatic rings. The Balaban J connectivity index is 2.60. The van der Waals surface area contributed by atoms with Gasteiger partial charge in [-0.25, -0.2) is 0 Å². The van der Waals surface area contributed by atoms with Crippen molar-refractivity contribution in [3.05, 3.63) is 27.7 Å². The highest BCUT2D eigenvalue weighted by Crippen LogP contribution is 2.38. The standard InChI is InChI=1S/C8H7Cl2NO/c9-4-1-5(10)8-6(11)3-12-7(8)2-4/h1-2,6H,3,11H2/t6-/m0/s1. The van der Waals surface area contributed by atoms with E-state index in [1.54, 1.807) is 12.1 Å². The minimum Gasteiger partial charge on any atom is -0.491 e. The first-order chi connectivity index (χ1) is 5.68. The van der Waals surface area contributed by atoms with Crippen LogP contribution in [0.2, 0.25) is 10.0 Å². The number of hydrogen-bond donors (Lipinski definition) is 1. The third-order valence-electron chi connectivity index (χ3n) is 1.85. The maximum atomic E-state index is 5.93. The summed E-state index contributed by atoms with van der Waals surface area (Å²) in [4.78, 5) is 0. The molecule has 0 saturated heterocycles. The van der Waals surface area contributed by atoms with E-state index in [1.165, 1.54) is 0 Å². The third-order valence-corrected chi connectivity index (χ3v) is 2.38. The molecule has 0 aliphatic carbocycles. The van der Waals surface area contributed by atoms with Gasteiger partial charge in [0.25, 0.3) is 0 Å². The molecule has 4 heteroatoms. The van der Waals surface area contributed by atoms with E-state index in [2.05, 4.69) is 0 Å². The summed E-state index contributed by atoms with van der Waals surface area (Å²) in [5.74, 6) is 0.708. The SMILES string of the molecule is N[C@H]1COc2cc(Cl)cc(Cl)c21. The van der Waals surface area contributed by atoms with Gasteiger partial charge in [0.05, 0.1) is 11.1 Å². The zero-order valence-corrected chi connectivity index (χ0v) is 7.69. The van der Waals surface area contributed by atoms with Crippen molar-refractivity contribution in [2.24, 2.45) is 5.73 Å². The molecule has 2 N–H and O–H groups in total. The van der Waals surface area contributed by atoms with E-state index in [1.807, 2.05) is 0 Å². The molecule has 0 radical (unpaired) electrons. The molecule has 0 amide bonds. The van der Waals surface area contributed by atoms with Crippen LogP contribution in [0.1, 0.15) is 11.6 Å². The average molecular weight is 204 g/mol. The van der Waals surface area contributed by atoms with Gasteiger partial charge >= 0.3 is 0 Å². The lowest BCUT2D eigenvalue weighted by atomic mass is 10.1. The van der Waals surface area contributed by atoms with Gasteiger partial charge in [0.1, 0.15) is 12.4 Å². The number of hydrogen-bond acceptors (Lipinski definition) is 2. The van der Waals surface area contributed by atoms with Crippen molar-refractivity contribution in [2.45, 2.75) is 6.04 Å². The van der Waals surface area contributed by atoms with E-state index in [9.17, 15) is 0 Å². The first-order valence-corrected chi connectivity index (χ1v) is 4.31. The molecular formula is C8H7Cl2NO. The molecule has 2 rings (SSSR count). The molecule has 1 aliphatic rings. The second-order valence-corrected chi connectivity index (χ2v) is 3.56. The molecule has 12 heavy (non-hydrogen) atoms. The summed E-state index contributed by atoms with van der Waals surface area (Å²) in [6, 6.07) is 3.29. The Kier molecular flexibility index (Phi) is 1.91. The molecule has 1 aromatic carbocycles. The van der Waals surface area contributed by atoms with E-state index in [0.29, 0.717) is 22.4 Å². The van der Waals surface area contributed by atoms with Crippen LogP contribution < -0.4 is 10.5 Å². The molecule has 2 nitrogen and oxygen atoms in total. The van der Waals surface area contributed by atoms with Crippen LogP contribution in [-0.2, 0) is 0 Å². The Morgan fingerprint density at radius 1 is 1.42 bits per heavy atom. The zero-order valence-electron chi connectivity index (χ0n) is 6.18. The van der Waals surface area contributed by atoms with E-state index < -0.39 is 0 Å². The minimum atomic E-state index is -0.121. The summed E-state index contributed by atoms with van der Waals surface area (Å²) in [7, 11) is 0. The summed E-state index contributed by atoms with van der Waals surface area (Å²) in [6.45, 7) is 0.482. The van der Waals surface area contributed by atoms with Gasteiger partial charge in [-0.05, 0) is 12.1 Å². The molecular weight excluding hydrogens is 197 g/mol. The van der Waals surface area contributed by atoms with Gasteiger partial charge in [-0.2, -0.15) is 0 Å². The van der Waals surface area contributed by atoms with Crippen LogP contribution >= 0.6 is 23.2 Å². The number of nitrogens with two attached hydrogens (primary N) is 1. The quantitative estimate of drug-likeness (QED) is 0.704. The lowest BCUT2D eigenvalue weighted by molar-refractivity contribution is 0.333. The van der Waals surface area contributed by atoms with Crippen molar-refractivity contribution in [2.75, 3.05) is 6.61 Å². The lowest BCUT2D eigenvalue weighted by Crippen LogP contribution is -2.11. The van der Waals surface area contributed by atoms with Crippen molar-refractivity contribution in [3.8, 4) is 5.75 Å². The predicted octanol–water partition coefficient (Wildman–Crippen LogP) is 2.39. The lowest BCUT2D eigenvalue weighted by Gasteiger charge is -2.03. The van der Waals surface area contributed by atoms with E-state index in [0.717, 1.165) is 5.56 Å². The minimum absolute atomic E-state index is 0.121. The number of rotatable bonds is 0. The Labute approximate surface area is 80.2 Å². The molecule has 0 saturated carbocycles. The smallest absolute Gasteiger partial charge is 0.127 e. The molecule has 1 atom stereocenters. The van der Waals surface area contributed by atoms with Crippen LogP contribution in [0.25, 0.3) is 0 Å². The van der Waals surface area contributed by atoms with Gasteiger partial charge in [-0.3, -0.25) is 0 Å². The maximum Gasteiger partial charge on any atom is 0.127 e.